The summed E-state index contributed by atoms with van der Waals surface area (Å²) in [5.41, 5.74) is 1.74. The van der Waals surface area contributed by atoms with Crippen molar-refractivity contribution >= 4 is 5.91 Å². The lowest BCUT2D eigenvalue weighted by Gasteiger charge is -2.13. The van der Waals surface area contributed by atoms with Gasteiger partial charge in [0, 0.05) is 30.8 Å². The second-order valence-corrected chi connectivity index (χ2v) is 6.15. The van der Waals surface area contributed by atoms with E-state index in [0.717, 1.165) is 11.1 Å². The summed E-state index contributed by atoms with van der Waals surface area (Å²) in [5, 5.41) is 6.93. The van der Waals surface area contributed by atoms with E-state index in [-0.39, 0.29) is 18.4 Å². The zero-order valence-electron chi connectivity index (χ0n) is 16.0. The van der Waals surface area contributed by atoms with Crippen molar-refractivity contribution in [2.24, 2.45) is 0 Å². The molecule has 0 radical (unpaired) electrons. The SMILES string of the molecule is COc1ccc(-c2noc(CCC(=O)NC(C)c3ccncc3)n2)cc1OC. The van der Waals surface area contributed by atoms with E-state index in [2.05, 4.69) is 20.4 Å². The lowest BCUT2D eigenvalue weighted by Crippen LogP contribution is -2.26. The van der Waals surface area contributed by atoms with Crippen molar-refractivity contribution in [3.63, 3.8) is 0 Å². The number of carbonyl (C=O) groups is 1. The van der Waals surface area contributed by atoms with Crippen LogP contribution in [0.2, 0.25) is 0 Å². The summed E-state index contributed by atoms with van der Waals surface area (Å²) in [7, 11) is 3.14. The number of aromatic nitrogens is 3. The fourth-order valence-electron chi connectivity index (χ4n) is 2.72. The van der Waals surface area contributed by atoms with E-state index in [9.17, 15) is 4.79 Å². The molecule has 1 aromatic carbocycles. The number of nitrogens with one attached hydrogen (secondary N) is 1. The van der Waals surface area contributed by atoms with Gasteiger partial charge in [0.15, 0.2) is 11.5 Å². The Hall–Kier alpha value is -3.42. The molecule has 0 fully saturated rings. The molecule has 3 rings (SSSR count). The topological polar surface area (TPSA) is 99.4 Å². The van der Waals surface area contributed by atoms with Crippen LogP contribution in [0.15, 0.2) is 47.2 Å². The van der Waals surface area contributed by atoms with Crippen LogP contribution in [0.5, 0.6) is 11.5 Å². The number of ether oxygens (including phenoxy) is 2. The van der Waals surface area contributed by atoms with Crippen LogP contribution in [0.4, 0.5) is 0 Å². The third kappa shape index (κ3) is 4.64. The molecule has 2 aromatic heterocycles. The maximum Gasteiger partial charge on any atom is 0.227 e. The number of hydrogen-bond acceptors (Lipinski definition) is 7. The molecule has 1 amide bonds. The standard InChI is InChI=1S/C20H22N4O4/c1-13(14-8-10-21-11-9-14)22-18(25)6-7-19-23-20(24-28-19)15-4-5-16(26-2)17(12-15)27-3/h4-5,8-13H,6-7H2,1-3H3,(H,22,25). The monoisotopic (exact) mass is 382 g/mol. The number of amides is 1. The van der Waals surface area contributed by atoms with Crippen LogP contribution in [0.25, 0.3) is 11.4 Å². The minimum absolute atomic E-state index is 0.0878. The van der Waals surface area contributed by atoms with E-state index in [1.807, 2.05) is 25.1 Å². The average Bonchev–Trinajstić information content (AvgIpc) is 3.21. The van der Waals surface area contributed by atoms with Crippen LogP contribution in [0.1, 0.15) is 30.8 Å². The molecule has 8 nitrogen and oxygen atoms in total. The molecule has 1 atom stereocenters. The summed E-state index contributed by atoms with van der Waals surface area (Å²) in [6, 6.07) is 9.02. The molecule has 0 bridgehead atoms. The first kappa shape index (κ1) is 19.3. The van der Waals surface area contributed by atoms with Crippen molar-refractivity contribution in [1.82, 2.24) is 20.4 Å². The Labute approximate surface area is 162 Å². The molecule has 0 spiro atoms. The fourth-order valence-corrected chi connectivity index (χ4v) is 2.72. The molecule has 2 heterocycles. The Bertz CT molecular complexity index is 927. The first-order chi connectivity index (χ1) is 13.6. The summed E-state index contributed by atoms with van der Waals surface area (Å²) in [4.78, 5) is 20.5. The fraction of sp³-hybridized carbons (Fsp3) is 0.300. The van der Waals surface area contributed by atoms with Gasteiger partial charge in [0.05, 0.1) is 20.3 Å². The molecule has 3 aromatic rings. The van der Waals surface area contributed by atoms with Gasteiger partial charge >= 0.3 is 0 Å². The number of nitrogens with zero attached hydrogens (tertiary/aromatic N) is 3. The minimum Gasteiger partial charge on any atom is -0.493 e. The smallest absolute Gasteiger partial charge is 0.227 e. The highest BCUT2D eigenvalue weighted by Gasteiger charge is 2.14. The van der Waals surface area contributed by atoms with Gasteiger partial charge in [-0.25, -0.2) is 0 Å². The largest absolute Gasteiger partial charge is 0.493 e. The van der Waals surface area contributed by atoms with E-state index in [1.54, 1.807) is 38.7 Å². The third-order valence-electron chi connectivity index (χ3n) is 4.26. The van der Waals surface area contributed by atoms with Gasteiger partial charge in [-0.3, -0.25) is 9.78 Å². The van der Waals surface area contributed by atoms with Crippen LogP contribution in [-0.4, -0.2) is 35.3 Å². The number of aryl methyl sites for hydroxylation is 1. The Balaban J connectivity index is 1.58. The summed E-state index contributed by atoms with van der Waals surface area (Å²) in [5.74, 6) is 1.94. The second kappa shape index (κ2) is 8.98. The van der Waals surface area contributed by atoms with Gasteiger partial charge in [-0.1, -0.05) is 5.16 Å². The molecule has 0 saturated carbocycles. The van der Waals surface area contributed by atoms with Crippen molar-refractivity contribution in [2.75, 3.05) is 14.2 Å². The van der Waals surface area contributed by atoms with Crippen molar-refractivity contribution < 1.29 is 18.8 Å². The maximum atomic E-state index is 12.2. The van der Waals surface area contributed by atoms with Crippen molar-refractivity contribution in [2.45, 2.75) is 25.8 Å². The predicted molar refractivity (Wildman–Crippen MR) is 102 cm³/mol. The molecule has 0 aliphatic carbocycles. The number of rotatable bonds is 8. The number of methoxy groups -OCH3 is 2. The molecule has 0 aliphatic rings. The zero-order valence-corrected chi connectivity index (χ0v) is 16.0. The highest BCUT2D eigenvalue weighted by atomic mass is 16.5. The molecule has 1 unspecified atom stereocenters. The van der Waals surface area contributed by atoms with Gasteiger partial charge in [0.2, 0.25) is 17.6 Å². The normalized spacial score (nSPS) is 11.7. The van der Waals surface area contributed by atoms with Gasteiger partial charge in [-0.05, 0) is 42.8 Å². The van der Waals surface area contributed by atoms with Crippen LogP contribution >= 0.6 is 0 Å². The molecule has 0 aliphatic heterocycles. The van der Waals surface area contributed by atoms with Crippen molar-refractivity contribution in [1.29, 1.82) is 0 Å². The lowest BCUT2D eigenvalue weighted by molar-refractivity contribution is -0.121. The van der Waals surface area contributed by atoms with E-state index < -0.39 is 0 Å². The predicted octanol–water partition coefficient (Wildman–Crippen LogP) is 2.96. The van der Waals surface area contributed by atoms with Crippen LogP contribution in [0.3, 0.4) is 0 Å². The Kier molecular flexibility index (Phi) is 6.21. The van der Waals surface area contributed by atoms with Gasteiger partial charge in [-0.2, -0.15) is 4.98 Å². The Morgan fingerprint density at radius 1 is 1.14 bits per heavy atom. The quantitative estimate of drug-likeness (QED) is 0.639. The lowest BCUT2D eigenvalue weighted by atomic mass is 10.1. The number of carbonyl (C=O) groups excluding carboxylic acids is 1. The first-order valence-electron chi connectivity index (χ1n) is 8.85. The van der Waals surface area contributed by atoms with E-state index in [1.165, 1.54) is 0 Å². The van der Waals surface area contributed by atoms with E-state index >= 15 is 0 Å². The van der Waals surface area contributed by atoms with Crippen molar-refractivity contribution in [3.05, 3.63) is 54.2 Å². The van der Waals surface area contributed by atoms with E-state index in [0.29, 0.717) is 29.6 Å². The molecular formula is C20H22N4O4. The maximum absolute atomic E-state index is 12.2. The molecule has 28 heavy (non-hydrogen) atoms. The van der Waals surface area contributed by atoms with Crippen LogP contribution in [-0.2, 0) is 11.2 Å². The van der Waals surface area contributed by atoms with Gasteiger partial charge < -0.3 is 19.3 Å². The number of hydrogen-bond donors (Lipinski definition) is 1. The van der Waals surface area contributed by atoms with E-state index in [4.69, 9.17) is 14.0 Å². The summed E-state index contributed by atoms with van der Waals surface area (Å²) in [6.45, 7) is 1.93. The molecule has 1 N–H and O–H groups in total. The third-order valence-corrected chi connectivity index (χ3v) is 4.26. The number of pyridine rings is 1. The molecule has 146 valence electrons. The minimum atomic E-state index is -0.0967. The van der Waals surface area contributed by atoms with Crippen LogP contribution < -0.4 is 14.8 Å². The average molecular weight is 382 g/mol. The zero-order chi connectivity index (χ0) is 19.9. The number of benzene rings is 1. The molecule has 0 saturated heterocycles. The summed E-state index contributed by atoms with van der Waals surface area (Å²) < 4.78 is 15.8. The van der Waals surface area contributed by atoms with Crippen LogP contribution in [0, 0.1) is 0 Å². The van der Waals surface area contributed by atoms with Gasteiger partial charge in [-0.15, -0.1) is 0 Å². The highest BCUT2D eigenvalue weighted by Crippen LogP contribution is 2.31. The second-order valence-electron chi connectivity index (χ2n) is 6.15. The first-order valence-corrected chi connectivity index (χ1v) is 8.85. The molecule has 8 heteroatoms. The summed E-state index contributed by atoms with van der Waals surface area (Å²) >= 11 is 0. The molecular weight excluding hydrogens is 360 g/mol. The van der Waals surface area contributed by atoms with Crippen molar-refractivity contribution in [3.8, 4) is 22.9 Å². The summed E-state index contributed by atoms with van der Waals surface area (Å²) in [6.07, 6.45) is 4.01. The van der Waals surface area contributed by atoms with Gasteiger partial charge in [0.25, 0.3) is 0 Å². The van der Waals surface area contributed by atoms with Gasteiger partial charge in [0.1, 0.15) is 0 Å². The highest BCUT2D eigenvalue weighted by molar-refractivity contribution is 5.76. The Morgan fingerprint density at radius 2 is 1.89 bits per heavy atom. The Morgan fingerprint density at radius 3 is 2.61 bits per heavy atom.